The molecule has 222 valence electrons. The average molecular weight is 584 g/mol. The van der Waals surface area contributed by atoms with Crippen LogP contribution in [0, 0.1) is 0 Å². The number of nitrogens with one attached hydrogen (secondary N) is 2. The number of nitrogens with two attached hydrogens (primary N) is 2. The van der Waals surface area contributed by atoms with Gasteiger partial charge in [0.25, 0.3) is 5.91 Å². The number of allylic oxidation sites excluding steroid dienone is 1. The number of aromatic amines is 2. The van der Waals surface area contributed by atoms with E-state index in [4.69, 9.17) is 20.9 Å². The maximum atomic E-state index is 13.4. The van der Waals surface area contributed by atoms with Gasteiger partial charge in [-0.2, -0.15) is 0 Å². The Labute approximate surface area is 248 Å². The number of H-pyrrole nitrogens is 2. The molecule has 4 aromatic rings. The molecule has 0 spiro atoms. The summed E-state index contributed by atoms with van der Waals surface area (Å²) in [6, 6.07) is 15.7. The zero-order valence-electron chi connectivity index (χ0n) is 23.9. The van der Waals surface area contributed by atoms with E-state index in [2.05, 4.69) is 19.9 Å². The molecular formula is C31H33N7O5. The fourth-order valence-electron chi connectivity index (χ4n) is 5.12. The molecule has 1 aliphatic rings. The van der Waals surface area contributed by atoms with Gasteiger partial charge in [0.15, 0.2) is 6.10 Å². The Morgan fingerprint density at radius 1 is 0.907 bits per heavy atom. The molecule has 0 aliphatic carbocycles. The van der Waals surface area contributed by atoms with Gasteiger partial charge < -0.3 is 35.8 Å². The molecule has 0 radical (unpaired) electrons. The highest BCUT2D eigenvalue weighted by atomic mass is 16.6. The number of hydrogen-bond acceptors (Lipinski definition) is 7. The predicted octanol–water partition coefficient (Wildman–Crippen LogP) is 5.08. The van der Waals surface area contributed by atoms with E-state index >= 15 is 0 Å². The lowest BCUT2D eigenvalue weighted by Crippen LogP contribution is -2.42. The minimum Gasteiger partial charge on any atom is -0.436 e. The van der Waals surface area contributed by atoms with Crippen LogP contribution < -0.4 is 16.2 Å². The van der Waals surface area contributed by atoms with Gasteiger partial charge >= 0.3 is 18.2 Å². The molecule has 43 heavy (non-hydrogen) atoms. The maximum absolute atomic E-state index is 13.4. The predicted molar refractivity (Wildman–Crippen MR) is 159 cm³/mol. The second-order valence-corrected chi connectivity index (χ2v) is 10.5. The fourth-order valence-corrected chi connectivity index (χ4v) is 5.12. The highest BCUT2D eigenvalue weighted by molar-refractivity contribution is 5.84. The largest absolute Gasteiger partial charge is 0.436 e. The van der Waals surface area contributed by atoms with Gasteiger partial charge in [0.1, 0.15) is 5.82 Å². The number of rotatable bonds is 9. The summed E-state index contributed by atoms with van der Waals surface area (Å²) in [5.74, 6) is 0.405. The van der Waals surface area contributed by atoms with Crippen LogP contribution in [-0.4, -0.2) is 55.6 Å². The number of carbonyl (C=O) groups excluding carboxylic acids is 3. The molecule has 2 atom stereocenters. The van der Waals surface area contributed by atoms with Crippen molar-refractivity contribution in [2.45, 2.75) is 45.3 Å². The Bertz CT molecular complexity index is 1640. The van der Waals surface area contributed by atoms with Crippen LogP contribution in [0.15, 0.2) is 72.6 Å². The molecular weight excluding hydrogens is 550 g/mol. The van der Waals surface area contributed by atoms with Crippen molar-refractivity contribution in [3.05, 3.63) is 78.4 Å². The number of nitrogens with zero attached hydrogens (tertiary/aromatic N) is 3. The number of likely N-dealkylation sites (tertiary alicyclic amines) is 1. The molecule has 12 nitrogen and oxygen atoms in total. The van der Waals surface area contributed by atoms with Gasteiger partial charge in [-0.25, -0.2) is 19.6 Å². The second-order valence-electron chi connectivity index (χ2n) is 10.5. The van der Waals surface area contributed by atoms with Crippen molar-refractivity contribution in [3.8, 4) is 39.7 Å². The van der Waals surface area contributed by atoms with Crippen molar-refractivity contribution < 1.29 is 23.9 Å². The van der Waals surface area contributed by atoms with Crippen LogP contribution in [0.3, 0.4) is 0 Å². The Morgan fingerprint density at radius 2 is 1.49 bits per heavy atom. The summed E-state index contributed by atoms with van der Waals surface area (Å²) in [6.07, 6.45) is 4.14. The molecule has 1 aliphatic heterocycles. The molecule has 0 saturated carbocycles. The van der Waals surface area contributed by atoms with E-state index in [0.717, 1.165) is 46.4 Å². The van der Waals surface area contributed by atoms with Crippen LogP contribution in [0.25, 0.3) is 33.6 Å². The van der Waals surface area contributed by atoms with Crippen molar-refractivity contribution >= 4 is 18.1 Å². The van der Waals surface area contributed by atoms with Gasteiger partial charge in [-0.1, -0.05) is 60.2 Å². The van der Waals surface area contributed by atoms with Crippen LogP contribution in [0.5, 0.6) is 6.01 Å². The molecule has 12 heteroatoms. The minimum atomic E-state index is -0.975. The molecule has 6 N–H and O–H groups in total. The van der Waals surface area contributed by atoms with Gasteiger partial charge in [0.05, 0.1) is 29.8 Å². The summed E-state index contributed by atoms with van der Waals surface area (Å²) < 4.78 is 9.94. The normalized spacial score (nSPS) is 15.1. The number of carbonyl (C=O) groups is 3. The van der Waals surface area contributed by atoms with Crippen LogP contribution in [0.1, 0.15) is 45.0 Å². The van der Waals surface area contributed by atoms with Crippen LogP contribution >= 0.6 is 0 Å². The summed E-state index contributed by atoms with van der Waals surface area (Å²) in [4.78, 5) is 52.4. The van der Waals surface area contributed by atoms with Crippen LogP contribution in [-0.2, 0) is 9.53 Å². The number of imidazole rings is 2. The monoisotopic (exact) mass is 583 g/mol. The first-order valence-corrected chi connectivity index (χ1v) is 13.9. The molecule has 2 aromatic heterocycles. The lowest BCUT2D eigenvalue weighted by Gasteiger charge is -2.27. The topological polar surface area (TPSA) is 182 Å². The van der Waals surface area contributed by atoms with E-state index in [0.29, 0.717) is 18.1 Å². The smallest absolute Gasteiger partial charge is 0.412 e. The van der Waals surface area contributed by atoms with E-state index in [9.17, 15) is 14.4 Å². The third-order valence-electron chi connectivity index (χ3n) is 7.20. The maximum Gasteiger partial charge on any atom is 0.412 e. The molecule has 5 rings (SSSR count). The minimum absolute atomic E-state index is 0.0390. The van der Waals surface area contributed by atoms with Gasteiger partial charge in [0, 0.05) is 13.0 Å². The first-order valence-electron chi connectivity index (χ1n) is 13.9. The zero-order valence-corrected chi connectivity index (χ0v) is 23.9. The van der Waals surface area contributed by atoms with E-state index in [-0.39, 0.29) is 24.4 Å². The average Bonchev–Trinajstić information content (AvgIpc) is 3.76. The van der Waals surface area contributed by atoms with E-state index < -0.39 is 18.3 Å². The SMILES string of the molecule is CC(C)=CC[C@H](OC(N)=O)C(=O)N1CCCC1c1ncc(-c2ccc(-c3ccc(-c4cnc(OC(N)=O)[nH]4)cc3)cc2)[nH]1. The Balaban J connectivity index is 1.27. The number of amides is 3. The summed E-state index contributed by atoms with van der Waals surface area (Å²) in [7, 11) is 0. The highest BCUT2D eigenvalue weighted by Gasteiger charge is 2.36. The summed E-state index contributed by atoms with van der Waals surface area (Å²) in [5, 5.41) is 0. The Morgan fingerprint density at radius 3 is 2.07 bits per heavy atom. The molecule has 1 saturated heterocycles. The zero-order chi connectivity index (χ0) is 30.5. The van der Waals surface area contributed by atoms with Gasteiger partial charge in [0.2, 0.25) is 0 Å². The Hall–Kier alpha value is -5.39. The van der Waals surface area contributed by atoms with Gasteiger partial charge in [-0.15, -0.1) is 0 Å². The van der Waals surface area contributed by atoms with E-state index in [1.54, 1.807) is 17.3 Å². The summed E-state index contributed by atoms with van der Waals surface area (Å²) in [6.45, 7) is 4.38. The second kappa shape index (κ2) is 12.6. The van der Waals surface area contributed by atoms with Gasteiger partial charge in [-0.3, -0.25) is 4.79 Å². The highest BCUT2D eigenvalue weighted by Crippen LogP contribution is 2.33. The lowest BCUT2D eigenvalue weighted by molar-refractivity contribution is -0.141. The van der Waals surface area contributed by atoms with Crippen molar-refractivity contribution in [1.82, 2.24) is 24.8 Å². The first kappa shape index (κ1) is 29.1. The third-order valence-corrected chi connectivity index (χ3v) is 7.20. The fraction of sp³-hybridized carbons (Fsp3) is 0.258. The van der Waals surface area contributed by atoms with Crippen molar-refractivity contribution in [2.75, 3.05) is 6.54 Å². The van der Waals surface area contributed by atoms with Crippen LogP contribution in [0.4, 0.5) is 9.59 Å². The summed E-state index contributed by atoms with van der Waals surface area (Å²) >= 11 is 0. The molecule has 0 bridgehead atoms. The Kier molecular flexibility index (Phi) is 8.56. The molecule has 3 amide bonds. The number of aromatic nitrogens is 4. The lowest BCUT2D eigenvalue weighted by atomic mass is 10.0. The van der Waals surface area contributed by atoms with E-state index in [1.165, 1.54) is 0 Å². The number of benzene rings is 2. The van der Waals surface area contributed by atoms with Crippen molar-refractivity contribution in [1.29, 1.82) is 0 Å². The number of hydrogen-bond donors (Lipinski definition) is 4. The van der Waals surface area contributed by atoms with E-state index in [1.807, 2.05) is 68.5 Å². The first-order chi connectivity index (χ1) is 20.7. The molecule has 1 fully saturated rings. The van der Waals surface area contributed by atoms with Crippen molar-refractivity contribution in [3.63, 3.8) is 0 Å². The standard InChI is InChI=1S/C31H33N7O5/c1-18(2)5-14-26(42-29(32)40)28(39)38-15-3-4-25(38)27-34-16-23(36-27)21-10-6-19(7-11-21)20-8-12-22(13-9-20)24-17-35-31(37-24)43-30(33)41/h5-13,16-17,25-26H,3-4,14-15H2,1-2H3,(H2,32,40)(H2,33,41)(H,34,36)(H,35,37)/t25?,26-/m0/s1. The van der Waals surface area contributed by atoms with Crippen molar-refractivity contribution in [2.24, 2.45) is 11.5 Å². The number of primary amides is 2. The molecule has 3 heterocycles. The van der Waals surface area contributed by atoms with Crippen LogP contribution in [0.2, 0.25) is 0 Å². The quantitative estimate of drug-likeness (QED) is 0.198. The molecule has 2 aromatic carbocycles. The number of ether oxygens (including phenoxy) is 2. The third kappa shape index (κ3) is 6.92. The van der Waals surface area contributed by atoms with Gasteiger partial charge in [-0.05, 0) is 48.9 Å². The summed E-state index contributed by atoms with van der Waals surface area (Å²) in [5.41, 5.74) is 16.7. The molecule has 1 unspecified atom stereocenters.